The van der Waals surface area contributed by atoms with Crippen LogP contribution in [0.5, 0.6) is 0 Å². The van der Waals surface area contributed by atoms with Gasteiger partial charge in [-0.1, -0.05) is 49.4 Å². The molecule has 0 aliphatic rings. The monoisotopic (exact) mass is 225 g/mol. The first kappa shape index (κ1) is 11.4. The molecule has 2 N–H and O–H groups in total. The predicted octanol–water partition coefficient (Wildman–Crippen LogP) is 3.53. The van der Waals surface area contributed by atoms with E-state index in [1.165, 1.54) is 0 Å². The third-order valence-electron chi connectivity index (χ3n) is 2.78. The maximum absolute atomic E-state index is 11.9. The minimum Gasteiger partial charge on any atom is -0.398 e. The minimum atomic E-state index is 0.0851. The van der Waals surface area contributed by atoms with Crippen molar-refractivity contribution in [1.29, 1.82) is 0 Å². The van der Waals surface area contributed by atoms with Gasteiger partial charge in [0.1, 0.15) is 0 Å². The summed E-state index contributed by atoms with van der Waals surface area (Å²) < 4.78 is 0. The first-order valence-corrected chi connectivity index (χ1v) is 5.71. The summed E-state index contributed by atoms with van der Waals surface area (Å²) in [5.74, 6) is 0.0851. The summed E-state index contributed by atoms with van der Waals surface area (Å²) in [4.78, 5) is 11.9. The third kappa shape index (κ3) is 2.21. The molecular weight excluding hydrogens is 210 g/mol. The van der Waals surface area contributed by atoms with Crippen LogP contribution < -0.4 is 5.73 Å². The summed E-state index contributed by atoms with van der Waals surface area (Å²) in [6.07, 6.45) is 0.466. The Bertz CT molecular complexity index is 532. The molecule has 0 fully saturated rings. The Labute approximate surface area is 101 Å². The topological polar surface area (TPSA) is 43.1 Å². The van der Waals surface area contributed by atoms with Gasteiger partial charge in [0.25, 0.3) is 0 Å². The highest BCUT2D eigenvalue weighted by Crippen LogP contribution is 2.28. The molecule has 0 saturated carbocycles. The summed E-state index contributed by atoms with van der Waals surface area (Å²) in [7, 11) is 0. The van der Waals surface area contributed by atoms with Crippen molar-refractivity contribution in [3.05, 3.63) is 54.1 Å². The van der Waals surface area contributed by atoms with Crippen molar-refractivity contribution in [3.8, 4) is 11.1 Å². The van der Waals surface area contributed by atoms with E-state index in [2.05, 4.69) is 0 Å². The number of Topliss-reactive ketones (excluding diaryl/α,β-unsaturated/α-hetero) is 1. The standard InChI is InChI=1S/C15H15NO/c1-2-14(17)15-12(9-6-10-13(15)16)11-7-4-3-5-8-11/h3-10H,2,16H2,1H3. The molecule has 0 aromatic heterocycles. The van der Waals surface area contributed by atoms with Gasteiger partial charge in [-0.05, 0) is 17.2 Å². The van der Waals surface area contributed by atoms with Crippen molar-refractivity contribution in [2.45, 2.75) is 13.3 Å². The number of ketones is 1. The fraction of sp³-hybridized carbons (Fsp3) is 0.133. The van der Waals surface area contributed by atoms with E-state index in [-0.39, 0.29) is 5.78 Å². The zero-order chi connectivity index (χ0) is 12.3. The highest BCUT2D eigenvalue weighted by atomic mass is 16.1. The summed E-state index contributed by atoms with van der Waals surface area (Å²) in [6.45, 7) is 1.85. The third-order valence-corrected chi connectivity index (χ3v) is 2.78. The van der Waals surface area contributed by atoms with Crippen LogP contribution in [-0.2, 0) is 0 Å². The number of carbonyl (C=O) groups is 1. The zero-order valence-electron chi connectivity index (χ0n) is 9.81. The average molecular weight is 225 g/mol. The molecule has 0 bridgehead atoms. The highest BCUT2D eigenvalue weighted by Gasteiger charge is 2.13. The lowest BCUT2D eigenvalue weighted by Crippen LogP contribution is -2.04. The van der Waals surface area contributed by atoms with Gasteiger partial charge >= 0.3 is 0 Å². The van der Waals surface area contributed by atoms with Crippen LogP contribution in [0.3, 0.4) is 0 Å². The number of hydrogen-bond acceptors (Lipinski definition) is 2. The molecule has 0 atom stereocenters. The molecule has 17 heavy (non-hydrogen) atoms. The van der Waals surface area contributed by atoms with E-state index >= 15 is 0 Å². The molecule has 0 heterocycles. The first-order chi connectivity index (χ1) is 8.24. The molecule has 2 nitrogen and oxygen atoms in total. The summed E-state index contributed by atoms with van der Waals surface area (Å²) in [5, 5.41) is 0. The minimum absolute atomic E-state index is 0.0851. The smallest absolute Gasteiger partial charge is 0.165 e. The second-order valence-electron chi connectivity index (χ2n) is 3.91. The summed E-state index contributed by atoms with van der Waals surface area (Å²) >= 11 is 0. The number of nitrogen functional groups attached to an aromatic ring is 1. The van der Waals surface area contributed by atoms with Crippen molar-refractivity contribution in [2.75, 3.05) is 5.73 Å². The summed E-state index contributed by atoms with van der Waals surface area (Å²) in [5.41, 5.74) is 9.05. The van der Waals surface area contributed by atoms with Crippen LogP contribution in [-0.4, -0.2) is 5.78 Å². The van der Waals surface area contributed by atoms with Gasteiger partial charge in [0, 0.05) is 17.7 Å². The van der Waals surface area contributed by atoms with Crippen LogP contribution in [0.15, 0.2) is 48.5 Å². The van der Waals surface area contributed by atoms with Gasteiger partial charge in [0.15, 0.2) is 5.78 Å². The second kappa shape index (κ2) is 4.83. The van der Waals surface area contributed by atoms with E-state index < -0.39 is 0 Å². The molecule has 0 spiro atoms. The van der Waals surface area contributed by atoms with Crippen LogP contribution in [0, 0.1) is 0 Å². The van der Waals surface area contributed by atoms with E-state index in [1.807, 2.05) is 49.4 Å². The molecule has 2 aromatic rings. The maximum Gasteiger partial charge on any atom is 0.165 e. The SMILES string of the molecule is CCC(=O)c1c(N)cccc1-c1ccccc1. The Hall–Kier alpha value is -2.09. The predicted molar refractivity (Wildman–Crippen MR) is 70.9 cm³/mol. The Balaban J connectivity index is 2.62. The Morgan fingerprint density at radius 1 is 1.06 bits per heavy atom. The Morgan fingerprint density at radius 3 is 2.41 bits per heavy atom. The van der Waals surface area contributed by atoms with E-state index in [1.54, 1.807) is 6.07 Å². The fourth-order valence-electron chi connectivity index (χ4n) is 1.92. The molecule has 2 rings (SSSR count). The van der Waals surface area contributed by atoms with Crippen LogP contribution in [0.1, 0.15) is 23.7 Å². The largest absolute Gasteiger partial charge is 0.398 e. The average Bonchev–Trinajstić information content (AvgIpc) is 2.38. The molecule has 2 aromatic carbocycles. The van der Waals surface area contributed by atoms with E-state index in [9.17, 15) is 4.79 Å². The Morgan fingerprint density at radius 2 is 1.76 bits per heavy atom. The van der Waals surface area contributed by atoms with Gasteiger partial charge in [0.05, 0.1) is 0 Å². The molecule has 0 aliphatic heterocycles. The van der Waals surface area contributed by atoms with Crippen LogP contribution in [0.4, 0.5) is 5.69 Å². The van der Waals surface area contributed by atoms with Crippen molar-refractivity contribution in [2.24, 2.45) is 0 Å². The second-order valence-corrected chi connectivity index (χ2v) is 3.91. The molecule has 2 heteroatoms. The number of anilines is 1. The van der Waals surface area contributed by atoms with Gasteiger partial charge in [-0.3, -0.25) is 4.79 Å². The molecular formula is C15H15NO. The number of benzene rings is 2. The molecule has 0 radical (unpaired) electrons. The Kier molecular flexibility index (Phi) is 3.24. The van der Waals surface area contributed by atoms with Crippen LogP contribution >= 0.6 is 0 Å². The fourth-order valence-corrected chi connectivity index (χ4v) is 1.92. The molecule has 86 valence electrons. The van der Waals surface area contributed by atoms with E-state index in [4.69, 9.17) is 5.73 Å². The number of hydrogen-bond donors (Lipinski definition) is 1. The van der Waals surface area contributed by atoms with Crippen molar-refractivity contribution in [1.82, 2.24) is 0 Å². The lowest BCUT2D eigenvalue weighted by Gasteiger charge is -2.10. The number of nitrogens with two attached hydrogens (primary N) is 1. The molecule has 0 aliphatic carbocycles. The van der Waals surface area contributed by atoms with Gasteiger partial charge in [-0.2, -0.15) is 0 Å². The lowest BCUT2D eigenvalue weighted by molar-refractivity contribution is 0.0989. The highest BCUT2D eigenvalue weighted by molar-refractivity contribution is 6.06. The lowest BCUT2D eigenvalue weighted by atomic mass is 9.95. The van der Waals surface area contributed by atoms with E-state index in [0.29, 0.717) is 17.7 Å². The zero-order valence-corrected chi connectivity index (χ0v) is 9.81. The van der Waals surface area contributed by atoms with Crippen molar-refractivity contribution < 1.29 is 4.79 Å². The van der Waals surface area contributed by atoms with Crippen LogP contribution in [0.25, 0.3) is 11.1 Å². The van der Waals surface area contributed by atoms with Crippen molar-refractivity contribution >= 4 is 11.5 Å². The van der Waals surface area contributed by atoms with Crippen molar-refractivity contribution in [3.63, 3.8) is 0 Å². The van der Waals surface area contributed by atoms with Gasteiger partial charge in [0.2, 0.25) is 0 Å². The summed E-state index contributed by atoms with van der Waals surface area (Å²) in [6, 6.07) is 15.4. The van der Waals surface area contributed by atoms with Gasteiger partial charge < -0.3 is 5.73 Å². The number of carbonyl (C=O) groups excluding carboxylic acids is 1. The van der Waals surface area contributed by atoms with Gasteiger partial charge in [-0.15, -0.1) is 0 Å². The van der Waals surface area contributed by atoms with E-state index in [0.717, 1.165) is 11.1 Å². The maximum atomic E-state index is 11.9. The number of rotatable bonds is 3. The molecule has 0 unspecified atom stereocenters. The van der Waals surface area contributed by atoms with Crippen LogP contribution in [0.2, 0.25) is 0 Å². The quantitative estimate of drug-likeness (QED) is 0.641. The van der Waals surface area contributed by atoms with Gasteiger partial charge in [-0.25, -0.2) is 0 Å². The molecule has 0 saturated heterocycles. The molecule has 0 amide bonds. The normalized spacial score (nSPS) is 10.2. The first-order valence-electron chi connectivity index (χ1n) is 5.71.